The quantitative estimate of drug-likeness (QED) is 0.898. The highest BCUT2D eigenvalue weighted by Gasteiger charge is 2.17. The Morgan fingerprint density at radius 3 is 2.55 bits per heavy atom. The standard InChI is InChI=1S/C16H20ClN3OS/c1-10-15(11(2)20(4)19-10)18-16(21)12(3)22-9-13-5-7-14(17)8-6-13/h5-8,12H,9H2,1-4H3,(H,18,21)/t12-/m0/s1. The third kappa shape index (κ3) is 4.05. The van der Waals surface area contributed by atoms with Crippen molar-refractivity contribution in [3.63, 3.8) is 0 Å². The molecule has 0 radical (unpaired) electrons. The van der Waals surface area contributed by atoms with Gasteiger partial charge in [0.05, 0.1) is 22.3 Å². The first-order valence-corrected chi connectivity index (χ1v) is 8.48. The van der Waals surface area contributed by atoms with Crippen LogP contribution in [-0.4, -0.2) is 20.9 Å². The third-order valence-corrected chi connectivity index (χ3v) is 5.01. The Morgan fingerprint density at radius 1 is 1.36 bits per heavy atom. The number of rotatable bonds is 5. The minimum Gasteiger partial charge on any atom is -0.322 e. The van der Waals surface area contributed by atoms with Crippen molar-refractivity contribution in [2.24, 2.45) is 7.05 Å². The maximum Gasteiger partial charge on any atom is 0.237 e. The lowest BCUT2D eigenvalue weighted by atomic mass is 10.2. The summed E-state index contributed by atoms with van der Waals surface area (Å²) in [5.74, 6) is 0.773. The monoisotopic (exact) mass is 337 g/mol. The zero-order valence-electron chi connectivity index (χ0n) is 13.2. The number of nitrogens with zero attached hydrogens (tertiary/aromatic N) is 2. The molecule has 0 bridgehead atoms. The molecule has 0 aliphatic rings. The van der Waals surface area contributed by atoms with Gasteiger partial charge in [-0.25, -0.2) is 0 Å². The summed E-state index contributed by atoms with van der Waals surface area (Å²) in [7, 11) is 1.87. The first-order chi connectivity index (χ1) is 10.4. The summed E-state index contributed by atoms with van der Waals surface area (Å²) < 4.78 is 1.77. The Hall–Kier alpha value is -1.46. The van der Waals surface area contributed by atoms with Gasteiger partial charge >= 0.3 is 0 Å². The number of nitrogens with one attached hydrogen (secondary N) is 1. The van der Waals surface area contributed by atoms with Crippen molar-refractivity contribution in [3.05, 3.63) is 46.2 Å². The van der Waals surface area contributed by atoms with E-state index in [9.17, 15) is 4.79 Å². The molecule has 1 N–H and O–H groups in total. The highest BCUT2D eigenvalue weighted by Crippen LogP contribution is 2.23. The number of hydrogen-bond acceptors (Lipinski definition) is 3. The molecule has 0 aliphatic carbocycles. The first-order valence-electron chi connectivity index (χ1n) is 7.05. The lowest BCUT2D eigenvalue weighted by Gasteiger charge is -2.12. The number of hydrogen-bond donors (Lipinski definition) is 1. The average molecular weight is 338 g/mol. The summed E-state index contributed by atoms with van der Waals surface area (Å²) in [6, 6.07) is 7.69. The van der Waals surface area contributed by atoms with Crippen LogP contribution >= 0.6 is 23.4 Å². The number of halogens is 1. The van der Waals surface area contributed by atoms with Crippen LogP contribution in [0.5, 0.6) is 0 Å². The summed E-state index contributed by atoms with van der Waals surface area (Å²) in [6.45, 7) is 5.76. The maximum absolute atomic E-state index is 12.3. The molecule has 1 aromatic carbocycles. The molecule has 0 unspecified atom stereocenters. The average Bonchev–Trinajstić information content (AvgIpc) is 2.72. The highest BCUT2D eigenvalue weighted by atomic mass is 35.5. The van der Waals surface area contributed by atoms with Crippen LogP contribution in [0.4, 0.5) is 5.69 Å². The molecule has 1 amide bonds. The van der Waals surface area contributed by atoms with E-state index < -0.39 is 0 Å². The molecule has 4 nitrogen and oxygen atoms in total. The van der Waals surface area contributed by atoms with Crippen LogP contribution in [0.15, 0.2) is 24.3 Å². The van der Waals surface area contributed by atoms with Gasteiger partial charge in [-0.05, 0) is 38.5 Å². The van der Waals surface area contributed by atoms with Crippen molar-refractivity contribution in [1.82, 2.24) is 9.78 Å². The Kier molecular flexibility index (Phi) is 5.53. The van der Waals surface area contributed by atoms with Crippen LogP contribution in [0.3, 0.4) is 0 Å². The van der Waals surface area contributed by atoms with E-state index in [1.165, 1.54) is 0 Å². The molecule has 0 saturated heterocycles. The van der Waals surface area contributed by atoms with Crippen molar-refractivity contribution in [2.75, 3.05) is 5.32 Å². The molecule has 0 aliphatic heterocycles. The number of carbonyl (C=O) groups excluding carboxylic acids is 1. The second-order valence-electron chi connectivity index (χ2n) is 5.24. The van der Waals surface area contributed by atoms with E-state index in [2.05, 4.69) is 10.4 Å². The number of anilines is 1. The predicted molar refractivity (Wildman–Crippen MR) is 93.5 cm³/mol. The SMILES string of the molecule is Cc1nn(C)c(C)c1NC(=O)[C@H](C)SCc1ccc(Cl)cc1. The fraction of sp³-hybridized carbons (Fsp3) is 0.375. The van der Waals surface area contributed by atoms with Gasteiger partial charge in [0.2, 0.25) is 5.91 Å². The maximum atomic E-state index is 12.3. The van der Waals surface area contributed by atoms with Gasteiger partial charge in [0, 0.05) is 17.8 Å². The van der Waals surface area contributed by atoms with Gasteiger partial charge in [-0.2, -0.15) is 5.10 Å². The molecule has 118 valence electrons. The van der Waals surface area contributed by atoms with Crippen molar-refractivity contribution < 1.29 is 4.79 Å². The van der Waals surface area contributed by atoms with Crippen LogP contribution in [0.1, 0.15) is 23.9 Å². The van der Waals surface area contributed by atoms with E-state index in [4.69, 9.17) is 11.6 Å². The topological polar surface area (TPSA) is 46.9 Å². The molecular weight excluding hydrogens is 318 g/mol. The molecule has 1 heterocycles. The smallest absolute Gasteiger partial charge is 0.237 e. The van der Waals surface area contributed by atoms with E-state index in [1.54, 1.807) is 16.4 Å². The van der Waals surface area contributed by atoms with Gasteiger partial charge in [-0.15, -0.1) is 11.8 Å². The van der Waals surface area contributed by atoms with Crippen LogP contribution < -0.4 is 5.32 Å². The molecule has 2 rings (SSSR count). The zero-order valence-corrected chi connectivity index (χ0v) is 14.8. The van der Waals surface area contributed by atoms with Gasteiger partial charge in [-0.1, -0.05) is 23.7 Å². The summed E-state index contributed by atoms with van der Waals surface area (Å²) in [5, 5.41) is 7.87. The summed E-state index contributed by atoms with van der Waals surface area (Å²) >= 11 is 7.47. The van der Waals surface area contributed by atoms with Crippen molar-refractivity contribution in [1.29, 1.82) is 0 Å². The number of aryl methyl sites for hydroxylation is 2. The Balaban J connectivity index is 1.93. The van der Waals surface area contributed by atoms with Crippen LogP contribution in [0, 0.1) is 13.8 Å². The molecule has 0 saturated carbocycles. The molecule has 0 spiro atoms. The second-order valence-corrected chi connectivity index (χ2v) is 7.00. The van der Waals surface area contributed by atoms with Crippen molar-refractivity contribution in [2.45, 2.75) is 31.8 Å². The zero-order chi connectivity index (χ0) is 16.3. The predicted octanol–water partition coefficient (Wildman–Crippen LogP) is 3.95. The van der Waals surface area contributed by atoms with Gasteiger partial charge in [0.25, 0.3) is 0 Å². The number of aromatic nitrogens is 2. The van der Waals surface area contributed by atoms with Gasteiger partial charge in [-0.3, -0.25) is 9.48 Å². The van der Waals surface area contributed by atoms with Gasteiger partial charge in [0.15, 0.2) is 0 Å². The van der Waals surface area contributed by atoms with E-state index >= 15 is 0 Å². The molecule has 2 aromatic rings. The number of benzene rings is 1. The third-order valence-electron chi connectivity index (χ3n) is 3.54. The van der Waals surface area contributed by atoms with Gasteiger partial charge < -0.3 is 5.32 Å². The minimum atomic E-state index is -0.144. The molecule has 0 fully saturated rings. The van der Waals surface area contributed by atoms with Crippen LogP contribution in [0.25, 0.3) is 0 Å². The molecule has 1 aromatic heterocycles. The van der Waals surface area contributed by atoms with E-state index in [0.717, 1.165) is 33.4 Å². The highest BCUT2D eigenvalue weighted by molar-refractivity contribution is 7.99. The summed E-state index contributed by atoms with van der Waals surface area (Å²) in [4.78, 5) is 12.3. The minimum absolute atomic E-state index is 0.00170. The lowest BCUT2D eigenvalue weighted by molar-refractivity contribution is -0.115. The summed E-state index contributed by atoms with van der Waals surface area (Å²) in [6.07, 6.45) is 0. The number of thioether (sulfide) groups is 1. The van der Waals surface area contributed by atoms with E-state index in [-0.39, 0.29) is 11.2 Å². The largest absolute Gasteiger partial charge is 0.322 e. The Morgan fingerprint density at radius 2 is 2.00 bits per heavy atom. The molecule has 1 atom stereocenters. The van der Waals surface area contributed by atoms with Crippen LogP contribution in [0.2, 0.25) is 5.02 Å². The fourth-order valence-corrected chi connectivity index (χ4v) is 3.03. The van der Waals surface area contributed by atoms with Gasteiger partial charge in [0.1, 0.15) is 0 Å². The second kappa shape index (κ2) is 7.20. The number of amides is 1. The normalized spacial score (nSPS) is 12.2. The fourth-order valence-electron chi connectivity index (χ4n) is 2.06. The first kappa shape index (κ1) is 16.9. The van der Waals surface area contributed by atoms with Crippen molar-refractivity contribution >= 4 is 35.0 Å². The van der Waals surface area contributed by atoms with Crippen LogP contribution in [-0.2, 0) is 17.6 Å². The molecular formula is C16H20ClN3OS. The summed E-state index contributed by atoms with van der Waals surface area (Å²) in [5.41, 5.74) is 3.76. The van der Waals surface area contributed by atoms with E-state index in [0.29, 0.717) is 0 Å². The number of carbonyl (C=O) groups is 1. The molecule has 6 heteroatoms. The van der Waals surface area contributed by atoms with Crippen molar-refractivity contribution in [3.8, 4) is 0 Å². The van der Waals surface area contributed by atoms with E-state index in [1.807, 2.05) is 52.1 Å². The lowest BCUT2D eigenvalue weighted by Crippen LogP contribution is -2.23. The Bertz CT molecular complexity index is 667. The Labute approximate surface area is 140 Å². The molecule has 22 heavy (non-hydrogen) atoms.